The molecule has 0 atom stereocenters. The maximum atomic E-state index is 13.2. The molecular weight excluding hydrogens is 468 g/mol. The second kappa shape index (κ2) is 8.40. The van der Waals surface area contributed by atoms with Crippen LogP contribution in [-0.2, 0) is 4.79 Å². The Labute approximate surface area is 176 Å². The number of hydrogen-bond donors (Lipinski definition) is 1. The van der Waals surface area contributed by atoms with Crippen molar-refractivity contribution in [3.8, 4) is 11.8 Å². The van der Waals surface area contributed by atoms with Crippen LogP contribution in [0.4, 0.5) is 10.1 Å². The highest BCUT2D eigenvalue weighted by Crippen LogP contribution is 2.23. The molecule has 140 valence electrons. The van der Waals surface area contributed by atoms with Crippen molar-refractivity contribution in [1.82, 2.24) is 4.57 Å². The molecule has 2 aromatic carbocycles. The summed E-state index contributed by atoms with van der Waals surface area (Å²) < 4.78 is 16.2. The SMILES string of the molecule is Cc1cc(/C=C(\C#N)C(=O)Nc2cccc(I)c2)c(C)n1-c1ccc(F)cc1. The number of amides is 1. The number of anilines is 1. The van der Waals surface area contributed by atoms with Crippen LogP contribution < -0.4 is 5.32 Å². The molecule has 0 spiro atoms. The average molecular weight is 485 g/mol. The molecule has 1 aromatic heterocycles. The van der Waals surface area contributed by atoms with E-state index in [0.717, 1.165) is 26.2 Å². The molecule has 3 aromatic rings. The van der Waals surface area contributed by atoms with Gasteiger partial charge in [-0.25, -0.2) is 4.39 Å². The monoisotopic (exact) mass is 485 g/mol. The maximum absolute atomic E-state index is 13.2. The third-order valence-corrected chi connectivity index (χ3v) is 4.97. The Morgan fingerprint density at radius 2 is 1.89 bits per heavy atom. The summed E-state index contributed by atoms with van der Waals surface area (Å²) >= 11 is 2.16. The predicted molar refractivity (Wildman–Crippen MR) is 117 cm³/mol. The van der Waals surface area contributed by atoms with Crippen molar-refractivity contribution in [2.24, 2.45) is 0 Å². The summed E-state index contributed by atoms with van der Waals surface area (Å²) in [6.07, 6.45) is 1.57. The zero-order chi connectivity index (χ0) is 20.3. The Kier molecular flexibility index (Phi) is 5.95. The lowest BCUT2D eigenvalue weighted by Gasteiger charge is -2.09. The van der Waals surface area contributed by atoms with Gasteiger partial charge in [-0.2, -0.15) is 5.26 Å². The van der Waals surface area contributed by atoms with E-state index in [1.54, 1.807) is 24.3 Å². The standard InChI is InChI=1S/C22H17FIN3O/c1-14-10-16(15(2)27(14)21-8-6-18(23)7-9-21)11-17(13-25)22(28)26-20-5-3-4-19(24)12-20/h3-12H,1-2H3,(H,26,28)/b17-11+. The molecule has 0 saturated heterocycles. The Bertz CT molecular complexity index is 1110. The average Bonchev–Trinajstić information content (AvgIpc) is 2.94. The number of rotatable bonds is 4. The van der Waals surface area contributed by atoms with Gasteiger partial charge in [-0.3, -0.25) is 4.79 Å². The van der Waals surface area contributed by atoms with E-state index in [1.165, 1.54) is 12.1 Å². The summed E-state index contributed by atoms with van der Waals surface area (Å²) in [7, 11) is 0. The topological polar surface area (TPSA) is 57.8 Å². The van der Waals surface area contributed by atoms with Gasteiger partial charge in [0.1, 0.15) is 17.5 Å². The highest BCUT2D eigenvalue weighted by atomic mass is 127. The van der Waals surface area contributed by atoms with Crippen molar-refractivity contribution in [2.45, 2.75) is 13.8 Å². The van der Waals surface area contributed by atoms with Crippen LogP contribution >= 0.6 is 22.6 Å². The van der Waals surface area contributed by atoms with Crippen molar-refractivity contribution in [3.05, 3.63) is 86.5 Å². The van der Waals surface area contributed by atoms with Crippen LogP contribution in [0.3, 0.4) is 0 Å². The number of carbonyl (C=O) groups excluding carboxylic acids is 1. The van der Waals surface area contributed by atoms with E-state index in [1.807, 2.05) is 48.7 Å². The molecule has 0 aliphatic heterocycles. The fourth-order valence-corrected chi connectivity index (χ4v) is 3.53. The molecule has 6 heteroatoms. The van der Waals surface area contributed by atoms with Crippen LogP contribution in [0.15, 0.2) is 60.2 Å². The molecular formula is C22H17FIN3O. The van der Waals surface area contributed by atoms with Gasteiger partial charge < -0.3 is 9.88 Å². The summed E-state index contributed by atoms with van der Waals surface area (Å²) in [5.74, 6) is -0.763. The number of benzene rings is 2. The predicted octanol–water partition coefficient (Wildman–Crippen LogP) is 5.38. The molecule has 4 nitrogen and oxygen atoms in total. The molecule has 0 bridgehead atoms. The lowest BCUT2D eigenvalue weighted by molar-refractivity contribution is -0.112. The van der Waals surface area contributed by atoms with Crippen molar-refractivity contribution >= 4 is 40.3 Å². The molecule has 1 heterocycles. The fraction of sp³-hybridized carbons (Fsp3) is 0.0909. The Hall–Kier alpha value is -2.92. The highest BCUT2D eigenvalue weighted by molar-refractivity contribution is 14.1. The van der Waals surface area contributed by atoms with Crippen LogP contribution in [-0.4, -0.2) is 10.5 Å². The molecule has 0 radical (unpaired) electrons. The fourth-order valence-electron chi connectivity index (χ4n) is 2.99. The first-order valence-electron chi connectivity index (χ1n) is 8.52. The Balaban J connectivity index is 1.93. The minimum atomic E-state index is -0.462. The van der Waals surface area contributed by atoms with Crippen LogP contribution in [0.1, 0.15) is 17.0 Å². The van der Waals surface area contributed by atoms with E-state index in [2.05, 4.69) is 27.9 Å². The molecule has 3 rings (SSSR count). The number of aromatic nitrogens is 1. The molecule has 0 aliphatic rings. The van der Waals surface area contributed by atoms with Gasteiger partial charge in [-0.05, 0) is 96.6 Å². The number of nitrogens with one attached hydrogen (secondary N) is 1. The molecule has 0 unspecified atom stereocenters. The van der Waals surface area contributed by atoms with E-state index in [4.69, 9.17) is 0 Å². The van der Waals surface area contributed by atoms with Gasteiger partial charge in [0.15, 0.2) is 0 Å². The minimum Gasteiger partial charge on any atom is -0.321 e. The maximum Gasteiger partial charge on any atom is 0.266 e. The van der Waals surface area contributed by atoms with Gasteiger partial charge in [-0.15, -0.1) is 0 Å². The normalized spacial score (nSPS) is 11.2. The van der Waals surface area contributed by atoms with Gasteiger partial charge in [-0.1, -0.05) is 6.07 Å². The van der Waals surface area contributed by atoms with Crippen molar-refractivity contribution in [2.75, 3.05) is 5.32 Å². The second-order valence-electron chi connectivity index (χ2n) is 6.27. The van der Waals surface area contributed by atoms with Crippen molar-refractivity contribution < 1.29 is 9.18 Å². The Morgan fingerprint density at radius 1 is 1.18 bits per heavy atom. The molecule has 1 amide bonds. The zero-order valence-electron chi connectivity index (χ0n) is 15.3. The summed E-state index contributed by atoms with van der Waals surface area (Å²) in [6.45, 7) is 3.82. The van der Waals surface area contributed by atoms with E-state index in [0.29, 0.717) is 5.69 Å². The third kappa shape index (κ3) is 4.31. The largest absolute Gasteiger partial charge is 0.321 e. The summed E-state index contributed by atoms with van der Waals surface area (Å²) in [5.41, 5.74) is 4.01. The smallest absolute Gasteiger partial charge is 0.266 e. The van der Waals surface area contributed by atoms with Gasteiger partial charge in [0.2, 0.25) is 0 Å². The van der Waals surface area contributed by atoms with Gasteiger partial charge in [0.05, 0.1) is 0 Å². The first-order chi connectivity index (χ1) is 13.4. The number of nitrogens with zero attached hydrogens (tertiary/aromatic N) is 2. The molecule has 0 saturated carbocycles. The van der Waals surface area contributed by atoms with Gasteiger partial charge in [0.25, 0.3) is 5.91 Å². The molecule has 28 heavy (non-hydrogen) atoms. The number of carbonyl (C=O) groups is 1. The number of aryl methyl sites for hydroxylation is 1. The van der Waals surface area contributed by atoms with Crippen LogP contribution in [0.2, 0.25) is 0 Å². The second-order valence-corrected chi connectivity index (χ2v) is 7.52. The quantitative estimate of drug-likeness (QED) is 0.307. The summed E-state index contributed by atoms with van der Waals surface area (Å²) in [5, 5.41) is 12.2. The minimum absolute atomic E-state index is 0.0122. The van der Waals surface area contributed by atoms with Crippen molar-refractivity contribution in [1.29, 1.82) is 5.26 Å². The van der Waals surface area contributed by atoms with Crippen LogP contribution in [0, 0.1) is 34.6 Å². The molecule has 0 fully saturated rings. The first-order valence-corrected chi connectivity index (χ1v) is 9.60. The number of nitriles is 1. The molecule has 1 N–H and O–H groups in total. The van der Waals surface area contributed by atoms with Crippen LogP contribution in [0.25, 0.3) is 11.8 Å². The summed E-state index contributed by atoms with van der Waals surface area (Å²) in [4.78, 5) is 12.5. The van der Waals surface area contributed by atoms with Gasteiger partial charge in [0, 0.05) is 26.3 Å². The van der Waals surface area contributed by atoms with E-state index in [9.17, 15) is 14.4 Å². The number of halogens is 2. The number of hydrogen-bond acceptors (Lipinski definition) is 2. The molecule has 0 aliphatic carbocycles. The van der Waals surface area contributed by atoms with E-state index < -0.39 is 5.91 Å². The van der Waals surface area contributed by atoms with E-state index >= 15 is 0 Å². The summed E-state index contributed by atoms with van der Waals surface area (Å²) in [6, 6.07) is 17.4. The lowest BCUT2D eigenvalue weighted by Crippen LogP contribution is -2.13. The first kappa shape index (κ1) is 19.8. The zero-order valence-corrected chi connectivity index (χ0v) is 17.5. The van der Waals surface area contributed by atoms with Crippen molar-refractivity contribution in [3.63, 3.8) is 0 Å². The third-order valence-electron chi connectivity index (χ3n) is 4.30. The lowest BCUT2D eigenvalue weighted by atomic mass is 10.1. The Morgan fingerprint density at radius 3 is 2.54 bits per heavy atom. The van der Waals surface area contributed by atoms with Gasteiger partial charge >= 0.3 is 0 Å². The van der Waals surface area contributed by atoms with Crippen LogP contribution in [0.5, 0.6) is 0 Å². The highest BCUT2D eigenvalue weighted by Gasteiger charge is 2.14. The van der Waals surface area contributed by atoms with E-state index in [-0.39, 0.29) is 11.4 Å².